The molecular formula is C21H30F3N3O. The highest BCUT2D eigenvalue weighted by atomic mass is 19.4. The molecule has 7 heteroatoms. The standard InChI is InChI=1S/C21H30F3N3O/c1-5-6-7-8-9-10-14-27-18(25-19(28)20(2,3)4)15-12-11-13-16(17(15)26-27)21(22,23)24/h11-13H,5-10,14H2,1-4H3,(H,25,28). The third kappa shape index (κ3) is 5.49. The monoisotopic (exact) mass is 397 g/mol. The number of amides is 1. The number of aromatic nitrogens is 2. The van der Waals surface area contributed by atoms with E-state index in [1.807, 2.05) is 0 Å². The first-order valence-electron chi connectivity index (χ1n) is 9.94. The maximum atomic E-state index is 13.4. The lowest BCUT2D eigenvalue weighted by molar-refractivity contribution is -0.136. The molecule has 4 nitrogen and oxygen atoms in total. The second-order valence-corrected chi connectivity index (χ2v) is 8.24. The molecule has 0 fully saturated rings. The molecule has 0 saturated heterocycles. The Morgan fingerprint density at radius 3 is 2.32 bits per heavy atom. The van der Waals surface area contributed by atoms with E-state index in [2.05, 4.69) is 17.3 Å². The van der Waals surface area contributed by atoms with Crippen LogP contribution in [0.5, 0.6) is 0 Å². The van der Waals surface area contributed by atoms with Crippen LogP contribution in [0.15, 0.2) is 18.2 Å². The molecule has 1 heterocycles. The number of nitrogens with zero attached hydrogens (tertiary/aromatic N) is 2. The summed E-state index contributed by atoms with van der Waals surface area (Å²) in [6.07, 6.45) is 1.88. The van der Waals surface area contributed by atoms with Crippen LogP contribution in [0.2, 0.25) is 0 Å². The zero-order valence-corrected chi connectivity index (χ0v) is 17.1. The summed E-state index contributed by atoms with van der Waals surface area (Å²) in [4.78, 5) is 12.5. The van der Waals surface area contributed by atoms with E-state index in [0.717, 1.165) is 38.2 Å². The number of hydrogen-bond donors (Lipinski definition) is 1. The average Bonchev–Trinajstić information content (AvgIpc) is 2.94. The predicted octanol–water partition coefficient (Wildman–Crippen LogP) is 6.40. The Hall–Kier alpha value is -2.05. The van der Waals surface area contributed by atoms with Gasteiger partial charge in [0.1, 0.15) is 11.3 Å². The number of alkyl halides is 3. The topological polar surface area (TPSA) is 46.9 Å². The molecule has 0 aliphatic heterocycles. The summed E-state index contributed by atoms with van der Waals surface area (Å²) >= 11 is 0. The predicted molar refractivity (Wildman–Crippen MR) is 106 cm³/mol. The molecule has 0 saturated carbocycles. The third-order valence-electron chi connectivity index (χ3n) is 4.71. The van der Waals surface area contributed by atoms with Crippen LogP contribution in [-0.4, -0.2) is 15.7 Å². The fourth-order valence-corrected chi connectivity index (χ4v) is 3.01. The van der Waals surface area contributed by atoms with Crippen molar-refractivity contribution in [3.05, 3.63) is 23.8 Å². The van der Waals surface area contributed by atoms with Crippen LogP contribution in [0.25, 0.3) is 10.9 Å². The van der Waals surface area contributed by atoms with E-state index in [0.29, 0.717) is 17.7 Å². The minimum absolute atomic E-state index is 0.120. The number of halogens is 3. The molecular weight excluding hydrogens is 367 g/mol. The highest BCUT2D eigenvalue weighted by Gasteiger charge is 2.35. The molecule has 0 bridgehead atoms. The van der Waals surface area contributed by atoms with Gasteiger partial charge in [0, 0.05) is 17.3 Å². The number of fused-ring (bicyclic) bond motifs is 1. The highest BCUT2D eigenvalue weighted by Crippen LogP contribution is 2.37. The van der Waals surface area contributed by atoms with E-state index in [1.165, 1.54) is 17.2 Å². The van der Waals surface area contributed by atoms with E-state index >= 15 is 0 Å². The Morgan fingerprint density at radius 2 is 1.71 bits per heavy atom. The molecule has 1 amide bonds. The maximum absolute atomic E-state index is 13.4. The van der Waals surface area contributed by atoms with Crippen LogP contribution < -0.4 is 5.32 Å². The van der Waals surface area contributed by atoms with Crippen molar-refractivity contribution in [2.24, 2.45) is 5.41 Å². The lowest BCUT2D eigenvalue weighted by Crippen LogP contribution is -2.28. The van der Waals surface area contributed by atoms with E-state index in [4.69, 9.17) is 0 Å². The minimum atomic E-state index is -4.50. The third-order valence-corrected chi connectivity index (χ3v) is 4.71. The lowest BCUT2D eigenvalue weighted by Gasteiger charge is -2.18. The largest absolute Gasteiger partial charge is 0.418 e. The van der Waals surface area contributed by atoms with E-state index < -0.39 is 17.2 Å². The van der Waals surface area contributed by atoms with Gasteiger partial charge in [-0.15, -0.1) is 0 Å². The summed E-state index contributed by atoms with van der Waals surface area (Å²) in [5, 5.41) is 7.36. The summed E-state index contributed by atoms with van der Waals surface area (Å²) in [7, 11) is 0. The Kier molecular flexibility index (Phi) is 7.12. The smallest absolute Gasteiger partial charge is 0.310 e. The number of carbonyl (C=O) groups is 1. The van der Waals surface area contributed by atoms with E-state index in [-0.39, 0.29) is 11.4 Å². The van der Waals surface area contributed by atoms with Gasteiger partial charge in [0.15, 0.2) is 0 Å². The highest BCUT2D eigenvalue weighted by molar-refractivity contribution is 6.02. The van der Waals surface area contributed by atoms with Crippen LogP contribution in [0.1, 0.15) is 71.8 Å². The van der Waals surface area contributed by atoms with Gasteiger partial charge in [-0.05, 0) is 18.6 Å². The summed E-state index contributed by atoms with van der Waals surface area (Å²) in [6, 6.07) is 3.96. The fraction of sp³-hybridized carbons (Fsp3) is 0.619. The molecule has 0 unspecified atom stereocenters. The van der Waals surface area contributed by atoms with Crippen molar-refractivity contribution in [1.29, 1.82) is 0 Å². The van der Waals surface area contributed by atoms with Crippen LogP contribution >= 0.6 is 0 Å². The molecule has 0 radical (unpaired) electrons. The van der Waals surface area contributed by atoms with Gasteiger partial charge in [-0.2, -0.15) is 18.3 Å². The van der Waals surface area contributed by atoms with Crippen LogP contribution in [0, 0.1) is 5.41 Å². The van der Waals surface area contributed by atoms with Crippen molar-refractivity contribution in [1.82, 2.24) is 9.78 Å². The summed E-state index contributed by atoms with van der Waals surface area (Å²) < 4.78 is 41.7. The number of anilines is 1. The van der Waals surface area contributed by atoms with Gasteiger partial charge in [0.05, 0.1) is 5.56 Å². The summed E-state index contributed by atoms with van der Waals surface area (Å²) in [5.41, 5.74) is -1.56. The van der Waals surface area contributed by atoms with Gasteiger partial charge < -0.3 is 5.32 Å². The number of nitrogens with one attached hydrogen (secondary N) is 1. The molecule has 1 aromatic carbocycles. The zero-order valence-electron chi connectivity index (χ0n) is 17.1. The van der Waals surface area contributed by atoms with E-state index in [1.54, 1.807) is 26.8 Å². The summed E-state index contributed by atoms with van der Waals surface area (Å²) in [5.74, 6) is 0.0884. The quantitative estimate of drug-likeness (QED) is 0.524. The SMILES string of the molecule is CCCCCCCCn1nc2c(C(F)(F)F)cccc2c1NC(=O)C(C)(C)C. The zero-order chi connectivity index (χ0) is 20.9. The molecule has 0 aliphatic rings. The molecule has 1 N–H and O–H groups in total. The second-order valence-electron chi connectivity index (χ2n) is 8.24. The normalized spacial score (nSPS) is 12.5. The van der Waals surface area contributed by atoms with Crippen molar-refractivity contribution < 1.29 is 18.0 Å². The Bertz CT molecular complexity index is 804. The molecule has 0 aliphatic carbocycles. The first-order chi connectivity index (χ1) is 13.1. The molecule has 2 aromatic rings. The summed E-state index contributed by atoms with van der Waals surface area (Å²) in [6.45, 7) is 7.91. The van der Waals surface area contributed by atoms with E-state index in [9.17, 15) is 18.0 Å². The first-order valence-corrected chi connectivity index (χ1v) is 9.94. The molecule has 0 atom stereocenters. The second kappa shape index (κ2) is 8.97. The Balaban J connectivity index is 2.34. The van der Waals surface area contributed by atoms with Crippen LogP contribution in [0.4, 0.5) is 19.0 Å². The fourth-order valence-electron chi connectivity index (χ4n) is 3.01. The molecule has 2 rings (SSSR count). The Labute approximate surface area is 164 Å². The first kappa shape index (κ1) is 22.2. The van der Waals surface area contributed by atoms with Gasteiger partial charge in [0.25, 0.3) is 0 Å². The molecule has 0 spiro atoms. The van der Waals surface area contributed by atoms with Gasteiger partial charge in [-0.3, -0.25) is 4.79 Å². The van der Waals surface area contributed by atoms with Crippen LogP contribution in [0.3, 0.4) is 0 Å². The average molecular weight is 397 g/mol. The van der Waals surface area contributed by atoms with Gasteiger partial charge in [-0.25, -0.2) is 4.68 Å². The Morgan fingerprint density at radius 1 is 1.07 bits per heavy atom. The molecule has 1 aromatic heterocycles. The van der Waals surface area contributed by atoms with Gasteiger partial charge >= 0.3 is 6.18 Å². The lowest BCUT2D eigenvalue weighted by atomic mass is 9.95. The van der Waals surface area contributed by atoms with Gasteiger partial charge in [-0.1, -0.05) is 65.9 Å². The van der Waals surface area contributed by atoms with Crippen molar-refractivity contribution in [2.45, 2.75) is 78.9 Å². The maximum Gasteiger partial charge on any atom is 0.418 e. The number of aryl methyl sites for hydroxylation is 1. The number of carbonyl (C=O) groups excluding carboxylic acids is 1. The van der Waals surface area contributed by atoms with Gasteiger partial charge in [0.2, 0.25) is 5.91 Å². The number of unbranched alkanes of at least 4 members (excludes halogenated alkanes) is 5. The van der Waals surface area contributed by atoms with Crippen molar-refractivity contribution >= 4 is 22.6 Å². The van der Waals surface area contributed by atoms with Crippen molar-refractivity contribution in [3.8, 4) is 0 Å². The van der Waals surface area contributed by atoms with Crippen LogP contribution in [-0.2, 0) is 17.5 Å². The molecule has 156 valence electrons. The number of rotatable bonds is 8. The molecule has 28 heavy (non-hydrogen) atoms. The van der Waals surface area contributed by atoms with Crippen molar-refractivity contribution in [3.63, 3.8) is 0 Å². The number of hydrogen-bond acceptors (Lipinski definition) is 2. The van der Waals surface area contributed by atoms with Crippen molar-refractivity contribution in [2.75, 3.05) is 5.32 Å². The number of benzene rings is 1. The minimum Gasteiger partial charge on any atom is -0.310 e.